The molecule has 0 N–H and O–H groups in total. The van der Waals surface area contributed by atoms with Gasteiger partial charge in [-0.05, 0) is 75.5 Å². The molecule has 0 spiro atoms. The standard InChI is InChI=1S/C27H26N3.C26H22N3.Fe/c1-6-10-18-12-9-14-23(25(18)28-5)30-24-16-20(27(2,3)4)15-22-21-13-8-7-11-19(21)17-29-26(22)24;1-26(2,3)19-14-21-20-11-5-4-8-18(20)16-28-25(21)23(15-19)29-22-12-6-9-17-10-7-13-27-24(17)22;/h6-17H,5H2,1-4H3;4-16H,1-3H3;/q2*-1;+2/b10-6-;;. The normalized spacial score (nSPS) is 11.8. The molecule has 0 amide bonds. The Hall–Kier alpha value is -6.40. The Labute approximate surface area is 363 Å². The summed E-state index contributed by atoms with van der Waals surface area (Å²) in [6, 6.07) is 41.8. The third kappa shape index (κ3) is 8.37. The molecule has 0 unspecified atom stereocenters. The molecule has 0 aliphatic carbocycles. The first-order chi connectivity index (χ1) is 28.4. The Balaban J connectivity index is 0.000000179. The average molecular weight is 825 g/mol. The number of rotatable bonds is 6. The van der Waals surface area contributed by atoms with E-state index in [9.17, 15) is 0 Å². The van der Waals surface area contributed by atoms with Crippen molar-refractivity contribution in [3.05, 3.63) is 173 Å². The number of fused-ring (bicyclic) bond motifs is 7. The zero-order valence-corrected chi connectivity index (χ0v) is 36.3. The number of para-hydroxylation sites is 2. The van der Waals surface area contributed by atoms with Crippen LogP contribution in [0.4, 0.5) is 28.4 Å². The van der Waals surface area contributed by atoms with Crippen LogP contribution in [0, 0.1) is 0 Å². The number of aromatic nitrogens is 3. The van der Waals surface area contributed by atoms with Gasteiger partial charge in [0.05, 0.1) is 22.2 Å². The van der Waals surface area contributed by atoms with Gasteiger partial charge in [-0.2, -0.15) is 0 Å². The van der Waals surface area contributed by atoms with Crippen LogP contribution < -0.4 is 0 Å². The number of pyridine rings is 3. The smallest absolute Gasteiger partial charge is 0.654 e. The van der Waals surface area contributed by atoms with E-state index in [-0.39, 0.29) is 27.9 Å². The molecular formula is C53H48FeN6. The summed E-state index contributed by atoms with van der Waals surface area (Å²) in [6.07, 6.45) is 9.71. The van der Waals surface area contributed by atoms with Gasteiger partial charge in [-0.1, -0.05) is 157 Å². The molecule has 0 saturated heterocycles. The number of hydrogen-bond acceptors (Lipinski definition) is 4. The van der Waals surface area contributed by atoms with Gasteiger partial charge in [0.15, 0.2) is 0 Å². The van der Waals surface area contributed by atoms with Gasteiger partial charge in [0.25, 0.3) is 0 Å². The molecule has 6 nitrogen and oxygen atoms in total. The topological polar surface area (TPSA) is 79.2 Å². The van der Waals surface area contributed by atoms with E-state index in [0.717, 1.165) is 77.5 Å². The van der Waals surface area contributed by atoms with Crippen LogP contribution in [-0.4, -0.2) is 21.7 Å². The molecule has 7 heteroatoms. The summed E-state index contributed by atoms with van der Waals surface area (Å²) in [6.45, 7) is 19.1. The van der Waals surface area contributed by atoms with Gasteiger partial charge in [-0.3, -0.25) is 19.9 Å². The summed E-state index contributed by atoms with van der Waals surface area (Å²) in [5.41, 5.74) is 10.4. The van der Waals surface area contributed by atoms with Crippen molar-refractivity contribution in [3.63, 3.8) is 0 Å². The summed E-state index contributed by atoms with van der Waals surface area (Å²) in [7, 11) is 0. The monoisotopic (exact) mass is 824 g/mol. The van der Waals surface area contributed by atoms with E-state index in [2.05, 4.69) is 137 Å². The minimum absolute atomic E-state index is 0. The van der Waals surface area contributed by atoms with E-state index in [0.29, 0.717) is 0 Å². The first-order valence-electron chi connectivity index (χ1n) is 20.1. The molecule has 298 valence electrons. The fraction of sp³-hybridized carbons (Fsp3) is 0.170. The molecular weight excluding hydrogens is 776 g/mol. The minimum Gasteiger partial charge on any atom is -0.654 e. The molecule has 0 aliphatic rings. The van der Waals surface area contributed by atoms with Gasteiger partial charge in [-0.25, -0.2) is 0 Å². The Morgan fingerprint density at radius 3 is 1.57 bits per heavy atom. The third-order valence-corrected chi connectivity index (χ3v) is 10.7. The molecule has 0 atom stereocenters. The molecule has 0 bridgehead atoms. The molecule has 0 radical (unpaired) electrons. The average Bonchev–Trinajstić information content (AvgIpc) is 3.23. The number of hydrogen-bond donors (Lipinski definition) is 0. The Kier molecular flexibility index (Phi) is 11.9. The number of nitrogens with zero attached hydrogens (tertiary/aromatic N) is 6. The van der Waals surface area contributed by atoms with Crippen LogP contribution in [-0.2, 0) is 27.9 Å². The quantitative estimate of drug-likeness (QED) is 0.0951. The van der Waals surface area contributed by atoms with Crippen LogP contribution >= 0.6 is 0 Å². The molecule has 0 fully saturated rings. The van der Waals surface area contributed by atoms with Crippen LogP contribution in [0.15, 0.2) is 151 Å². The van der Waals surface area contributed by atoms with Crippen LogP contribution in [0.2, 0.25) is 0 Å². The van der Waals surface area contributed by atoms with Gasteiger partial charge >= 0.3 is 17.1 Å². The van der Waals surface area contributed by atoms with Crippen LogP contribution in [0.5, 0.6) is 0 Å². The Morgan fingerprint density at radius 1 is 0.517 bits per heavy atom. The number of aliphatic imine (C=N–C) groups is 1. The van der Waals surface area contributed by atoms with Crippen molar-refractivity contribution in [2.45, 2.75) is 59.3 Å². The molecule has 3 aromatic heterocycles. The van der Waals surface area contributed by atoms with E-state index in [1.54, 1.807) is 0 Å². The summed E-state index contributed by atoms with van der Waals surface area (Å²) in [5, 5.41) is 18.1. The first-order valence-corrected chi connectivity index (χ1v) is 20.1. The van der Waals surface area contributed by atoms with E-state index >= 15 is 0 Å². The van der Waals surface area contributed by atoms with Crippen LogP contribution in [0.1, 0.15) is 65.2 Å². The van der Waals surface area contributed by atoms with Gasteiger partial charge in [0, 0.05) is 40.1 Å². The summed E-state index contributed by atoms with van der Waals surface area (Å²) >= 11 is 0. The Morgan fingerprint density at radius 2 is 1.02 bits per heavy atom. The predicted molar refractivity (Wildman–Crippen MR) is 253 cm³/mol. The minimum atomic E-state index is -0.0122. The van der Waals surface area contributed by atoms with Crippen molar-refractivity contribution < 1.29 is 17.1 Å². The Bertz CT molecular complexity index is 3060. The van der Waals surface area contributed by atoms with E-state index in [4.69, 9.17) is 20.6 Å². The van der Waals surface area contributed by atoms with Crippen LogP contribution in [0.25, 0.3) is 71.0 Å². The van der Waals surface area contributed by atoms with Crippen molar-refractivity contribution in [2.24, 2.45) is 4.99 Å². The molecule has 0 saturated carbocycles. The van der Waals surface area contributed by atoms with Crippen molar-refractivity contribution >= 4 is 95.5 Å². The van der Waals surface area contributed by atoms with Crippen LogP contribution in [0.3, 0.4) is 0 Å². The van der Waals surface area contributed by atoms with Crippen molar-refractivity contribution in [3.8, 4) is 0 Å². The first kappa shape index (κ1) is 41.7. The summed E-state index contributed by atoms with van der Waals surface area (Å²) < 4.78 is 0. The fourth-order valence-corrected chi connectivity index (χ4v) is 7.50. The SMILES string of the molecule is C=Nc1c(/C=C\C)cccc1[N-]c1cc(C(C)(C)C)cc2c1ncc1ccccc12.CC(C)(C)c1cc([N-]c2cccc3cccnc23)c2ncc3ccccc3c2c1.[Fe+2]. The van der Waals surface area contributed by atoms with Crippen molar-refractivity contribution in [1.29, 1.82) is 0 Å². The second-order valence-corrected chi connectivity index (χ2v) is 16.9. The summed E-state index contributed by atoms with van der Waals surface area (Å²) in [5.74, 6) is 0. The maximum Gasteiger partial charge on any atom is 2.00 e. The zero-order valence-electron chi connectivity index (χ0n) is 35.2. The fourth-order valence-electron chi connectivity index (χ4n) is 7.50. The summed E-state index contributed by atoms with van der Waals surface area (Å²) in [4.78, 5) is 18.4. The third-order valence-electron chi connectivity index (χ3n) is 10.7. The predicted octanol–water partition coefficient (Wildman–Crippen LogP) is 16.0. The molecule has 9 aromatic rings. The maximum atomic E-state index is 5.05. The van der Waals surface area contributed by atoms with Gasteiger partial charge < -0.3 is 10.6 Å². The molecule has 60 heavy (non-hydrogen) atoms. The molecule has 3 heterocycles. The van der Waals surface area contributed by atoms with Gasteiger partial charge in [-0.15, -0.1) is 22.7 Å². The van der Waals surface area contributed by atoms with Gasteiger partial charge in [0.1, 0.15) is 0 Å². The van der Waals surface area contributed by atoms with E-state index in [1.165, 1.54) is 21.9 Å². The zero-order chi connectivity index (χ0) is 41.3. The van der Waals surface area contributed by atoms with Gasteiger partial charge in [0.2, 0.25) is 0 Å². The van der Waals surface area contributed by atoms with E-state index in [1.807, 2.05) is 80.1 Å². The van der Waals surface area contributed by atoms with Crippen molar-refractivity contribution in [1.82, 2.24) is 15.0 Å². The molecule has 9 rings (SSSR count). The largest absolute Gasteiger partial charge is 2.00 e. The number of allylic oxidation sites excluding steroid dienone is 1. The second kappa shape index (κ2) is 17.1. The molecule has 0 aliphatic heterocycles. The molecule has 6 aromatic carbocycles. The second-order valence-electron chi connectivity index (χ2n) is 16.9. The maximum absolute atomic E-state index is 5.05. The number of benzene rings is 6. The van der Waals surface area contributed by atoms with Crippen molar-refractivity contribution in [2.75, 3.05) is 0 Å². The van der Waals surface area contributed by atoms with E-state index < -0.39 is 0 Å².